The van der Waals surface area contributed by atoms with E-state index >= 15 is 0 Å². The van der Waals surface area contributed by atoms with E-state index in [0.717, 1.165) is 0 Å². The Bertz CT molecular complexity index is 545. The fourth-order valence-electron chi connectivity index (χ4n) is 2.18. The molecule has 1 aromatic rings. The maximum Gasteiger partial charge on any atom is 0.292 e. The summed E-state index contributed by atoms with van der Waals surface area (Å²) in [5.41, 5.74) is 1.71. The van der Waals surface area contributed by atoms with Crippen molar-refractivity contribution in [3.05, 3.63) is 27.8 Å². The number of nitrogens with zero attached hydrogens (tertiary/aromatic N) is 1. The van der Waals surface area contributed by atoms with E-state index in [-0.39, 0.29) is 23.9 Å². The molecular formula is C13H17N3O4. The third-order valence-corrected chi connectivity index (χ3v) is 3.14. The molecule has 0 saturated carbocycles. The first kappa shape index (κ1) is 14.3. The smallest absolute Gasteiger partial charge is 0.292 e. The van der Waals surface area contributed by atoms with Crippen molar-refractivity contribution in [2.24, 2.45) is 5.92 Å². The molecule has 0 spiro atoms. The van der Waals surface area contributed by atoms with Crippen molar-refractivity contribution in [2.45, 2.75) is 13.3 Å². The predicted octanol–water partition coefficient (Wildman–Crippen LogP) is 1.78. The molecule has 20 heavy (non-hydrogen) atoms. The van der Waals surface area contributed by atoms with Crippen LogP contribution in [0.1, 0.15) is 12.5 Å². The molecule has 1 aliphatic heterocycles. The fourth-order valence-corrected chi connectivity index (χ4v) is 2.18. The maximum atomic E-state index is 11.3. The summed E-state index contributed by atoms with van der Waals surface area (Å²) in [5, 5.41) is 16.9. The number of nitro benzene ring substituents is 1. The number of carbonyl (C=O) groups is 1. The topological polar surface area (TPSA) is 93.5 Å². The lowest BCUT2D eigenvalue weighted by Crippen LogP contribution is -2.16. The first-order valence-electron chi connectivity index (χ1n) is 6.35. The second kappa shape index (κ2) is 5.87. The van der Waals surface area contributed by atoms with Gasteiger partial charge in [-0.3, -0.25) is 14.9 Å². The zero-order valence-corrected chi connectivity index (χ0v) is 11.4. The van der Waals surface area contributed by atoms with E-state index in [1.807, 2.05) is 6.92 Å². The van der Waals surface area contributed by atoms with Crippen LogP contribution in [0.3, 0.4) is 0 Å². The Labute approximate surface area is 116 Å². The lowest BCUT2D eigenvalue weighted by atomic mass is 10.1. The van der Waals surface area contributed by atoms with E-state index in [1.165, 1.54) is 6.07 Å². The quantitative estimate of drug-likeness (QED) is 0.611. The number of fused-ring (bicyclic) bond motifs is 1. The van der Waals surface area contributed by atoms with Gasteiger partial charge in [-0.2, -0.15) is 0 Å². The summed E-state index contributed by atoms with van der Waals surface area (Å²) in [4.78, 5) is 22.0. The molecular weight excluding hydrogens is 262 g/mol. The number of anilines is 2. The van der Waals surface area contributed by atoms with Crippen molar-refractivity contribution in [1.82, 2.24) is 0 Å². The Kier molecular flexibility index (Phi) is 4.19. The largest absolute Gasteiger partial charge is 0.384 e. The number of methoxy groups -OCH3 is 1. The molecule has 0 saturated heterocycles. The highest BCUT2D eigenvalue weighted by Gasteiger charge is 2.24. The van der Waals surface area contributed by atoms with E-state index in [2.05, 4.69) is 10.6 Å². The van der Waals surface area contributed by atoms with Gasteiger partial charge >= 0.3 is 0 Å². The average Bonchev–Trinajstić information content (AvgIpc) is 2.74. The van der Waals surface area contributed by atoms with E-state index in [4.69, 9.17) is 4.74 Å². The molecule has 108 valence electrons. The Morgan fingerprint density at radius 2 is 2.30 bits per heavy atom. The van der Waals surface area contributed by atoms with Gasteiger partial charge in [0, 0.05) is 25.4 Å². The second-order valence-corrected chi connectivity index (χ2v) is 4.95. The summed E-state index contributed by atoms with van der Waals surface area (Å²) in [5.74, 6) is 0.0849. The number of rotatable bonds is 6. The molecule has 1 unspecified atom stereocenters. The van der Waals surface area contributed by atoms with Crippen LogP contribution in [0.15, 0.2) is 12.1 Å². The Hall–Kier alpha value is -2.15. The minimum atomic E-state index is -0.438. The summed E-state index contributed by atoms with van der Waals surface area (Å²) < 4.78 is 5.03. The Morgan fingerprint density at radius 1 is 1.55 bits per heavy atom. The molecule has 0 fully saturated rings. The molecule has 0 aromatic heterocycles. The summed E-state index contributed by atoms with van der Waals surface area (Å²) in [6, 6.07) is 3.08. The number of hydrogen-bond donors (Lipinski definition) is 2. The van der Waals surface area contributed by atoms with Gasteiger partial charge in [-0.25, -0.2) is 0 Å². The van der Waals surface area contributed by atoms with Crippen LogP contribution in [0.25, 0.3) is 0 Å². The van der Waals surface area contributed by atoms with Crippen molar-refractivity contribution >= 4 is 23.0 Å². The molecule has 1 heterocycles. The van der Waals surface area contributed by atoms with E-state index in [0.29, 0.717) is 30.1 Å². The van der Waals surface area contributed by atoms with E-state index < -0.39 is 4.92 Å². The molecule has 0 aliphatic carbocycles. The van der Waals surface area contributed by atoms with Crippen molar-refractivity contribution < 1.29 is 14.5 Å². The number of nitro groups is 1. The number of ether oxygens (including phenoxy) is 1. The number of carbonyl (C=O) groups excluding carboxylic acids is 1. The van der Waals surface area contributed by atoms with E-state index in [9.17, 15) is 14.9 Å². The lowest BCUT2D eigenvalue weighted by Gasteiger charge is -2.13. The van der Waals surface area contributed by atoms with Gasteiger partial charge in [-0.15, -0.1) is 0 Å². The van der Waals surface area contributed by atoms with Crippen LogP contribution in [-0.4, -0.2) is 31.1 Å². The van der Waals surface area contributed by atoms with Gasteiger partial charge < -0.3 is 15.4 Å². The van der Waals surface area contributed by atoms with Crippen LogP contribution in [0.2, 0.25) is 0 Å². The molecule has 0 radical (unpaired) electrons. The molecule has 1 amide bonds. The van der Waals surface area contributed by atoms with Gasteiger partial charge in [-0.1, -0.05) is 6.92 Å². The van der Waals surface area contributed by atoms with Gasteiger partial charge in [0.05, 0.1) is 18.0 Å². The number of nitrogens with one attached hydrogen (secondary N) is 2. The third kappa shape index (κ3) is 3.05. The minimum Gasteiger partial charge on any atom is -0.384 e. The molecule has 2 N–H and O–H groups in total. The zero-order chi connectivity index (χ0) is 14.7. The standard InChI is InChI=1S/C13H17N3O4/c1-8(7-20-2)6-14-11-5-10-9(4-13(17)15-10)3-12(11)16(18)19/h3,5,8,14H,4,6-7H2,1-2H3,(H,15,17). The molecule has 2 rings (SSSR count). The highest BCUT2D eigenvalue weighted by molar-refractivity contribution is 6.00. The zero-order valence-electron chi connectivity index (χ0n) is 11.4. The molecule has 0 bridgehead atoms. The Morgan fingerprint density at radius 3 is 2.95 bits per heavy atom. The number of hydrogen-bond acceptors (Lipinski definition) is 5. The second-order valence-electron chi connectivity index (χ2n) is 4.95. The van der Waals surface area contributed by atoms with Crippen molar-refractivity contribution in [1.29, 1.82) is 0 Å². The van der Waals surface area contributed by atoms with Crippen LogP contribution in [-0.2, 0) is 16.0 Å². The van der Waals surface area contributed by atoms with Crippen molar-refractivity contribution in [2.75, 3.05) is 30.9 Å². The summed E-state index contributed by atoms with van der Waals surface area (Å²) in [7, 11) is 1.61. The Balaban J connectivity index is 2.21. The lowest BCUT2D eigenvalue weighted by molar-refractivity contribution is -0.384. The number of benzene rings is 1. The van der Waals surface area contributed by atoms with Crippen LogP contribution in [0.4, 0.5) is 17.1 Å². The van der Waals surface area contributed by atoms with E-state index in [1.54, 1.807) is 13.2 Å². The molecule has 7 nitrogen and oxygen atoms in total. The summed E-state index contributed by atoms with van der Waals surface area (Å²) in [6.07, 6.45) is 0.191. The van der Waals surface area contributed by atoms with Crippen LogP contribution >= 0.6 is 0 Å². The third-order valence-electron chi connectivity index (χ3n) is 3.14. The summed E-state index contributed by atoms with van der Waals surface area (Å²) >= 11 is 0. The van der Waals surface area contributed by atoms with Crippen LogP contribution in [0.5, 0.6) is 0 Å². The predicted molar refractivity (Wildman–Crippen MR) is 75.0 cm³/mol. The van der Waals surface area contributed by atoms with Crippen molar-refractivity contribution in [3.8, 4) is 0 Å². The summed E-state index contributed by atoms with van der Waals surface area (Å²) in [6.45, 7) is 3.11. The number of amides is 1. The SMILES string of the molecule is COCC(C)CNc1cc2c(cc1[N+](=O)[O-])CC(=O)N2. The van der Waals surface area contributed by atoms with Gasteiger partial charge in [0.1, 0.15) is 5.69 Å². The molecule has 1 aliphatic rings. The van der Waals surface area contributed by atoms with Gasteiger partial charge in [-0.05, 0) is 17.5 Å². The fraction of sp³-hybridized carbons (Fsp3) is 0.462. The normalized spacial score (nSPS) is 14.6. The van der Waals surface area contributed by atoms with Crippen LogP contribution < -0.4 is 10.6 Å². The molecule has 1 aromatic carbocycles. The van der Waals surface area contributed by atoms with Gasteiger partial charge in [0.15, 0.2) is 0 Å². The average molecular weight is 279 g/mol. The first-order chi connectivity index (χ1) is 9.51. The van der Waals surface area contributed by atoms with Crippen LogP contribution in [0, 0.1) is 16.0 Å². The molecule has 7 heteroatoms. The van der Waals surface area contributed by atoms with Gasteiger partial charge in [0.25, 0.3) is 5.69 Å². The minimum absolute atomic E-state index is 0.00938. The van der Waals surface area contributed by atoms with Gasteiger partial charge in [0.2, 0.25) is 5.91 Å². The maximum absolute atomic E-state index is 11.3. The first-order valence-corrected chi connectivity index (χ1v) is 6.35. The monoisotopic (exact) mass is 279 g/mol. The highest BCUT2D eigenvalue weighted by Crippen LogP contribution is 2.34. The van der Waals surface area contributed by atoms with Crippen molar-refractivity contribution in [3.63, 3.8) is 0 Å². The molecule has 1 atom stereocenters. The highest BCUT2D eigenvalue weighted by atomic mass is 16.6.